The van der Waals surface area contributed by atoms with E-state index < -0.39 is 39.1 Å². The van der Waals surface area contributed by atoms with Gasteiger partial charge in [-0.05, 0) is 35.9 Å². The molecule has 2 aromatic carbocycles. The smallest absolute Gasteiger partial charge is 0.334 e. The number of hydrogen-bond acceptors (Lipinski definition) is 4. The Bertz CT molecular complexity index is 1060. The molecular weight excluding hydrogens is 419 g/mol. The molecule has 0 bridgehead atoms. The first kappa shape index (κ1) is 23.1. The van der Waals surface area contributed by atoms with E-state index in [9.17, 15) is 26.4 Å². The molecule has 2 rings (SSSR count). The van der Waals surface area contributed by atoms with E-state index in [2.05, 4.69) is 6.58 Å². The van der Waals surface area contributed by atoms with Crippen LogP contribution in [0.15, 0.2) is 66.1 Å². The van der Waals surface area contributed by atoms with Gasteiger partial charge in [0, 0.05) is 13.1 Å². The van der Waals surface area contributed by atoms with Crippen molar-refractivity contribution in [2.45, 2.75) is 17.6 Å². The number of amides is 1. The van der Waals surface area contributed by atoms with Crippen LogP contribution in [0.1, 0.15) is 16.7 Å². The second-order valence-corrected chi connectivity index (χ2v) is 7.99. The van der Waals surface area contributed by atoms with E-state index in [1.54, 1.807) is 24.3 Å². The topological polar surface area (TPSA) is 90.3 Å². The van der Waals surface area contributed by atoms with Gasteiger partial charge in [-0.2, -0.15) is 18.4 Å². The lowest BCUT2D eigenvalue weighted by Crippen LogP contribution is -2.40. The molecule has 0 radical (unpaired) electrons. The van der Waals surface area contributed by atoms with Gasteiger partial charge in [-0.25, -0.2) is 13.1 Å². The van der Waals surface area contributed by atoms with Crippen molar-refractivity contribution in [1.82, 2.24) is 9.62 Å². The second kappa shape index (κ2) is 9.56. The van der Waals surface area contributed by atoms with Crippen LogP contribution in [0.3, 0.4) is 0 Å². The average Bonchev–Trinajstić information content (AvgIpc) is 2.72. The SMILES string of the molecule is C=CCN(Cc1ccc(C#N)cc1)C(=O)CNS(=O)(=O)c1cccc(C(F)(F)F)c1. The summed E-state index contributed by atoms with van der Waals surface area (Å²) in [6.07, 6.45) is -3.23. The van der Waals surface area contributed by atoms with Crippen LogP contribution < -0.4 is 4.72 Å². The Morgan fingerprint density at radius 3 is 2.43 bits per heavy atom. The zero-order valence-corrected chi connectivity index (χ0v) is 16.5. The Morgan fingerprint density at radius 1 is 1.20 bits per heavy atom. The lowest BCUT2D eigenvalue weighted by molar-refractivity contribution is -0.137. The molecule has 0 fully saturated rings. The second-order valence-electron chi connectivity index (χ2n) is 6.22. The minimum absolute atomic E-state index is 0.129. The average molecular weight is 437 g/mol. The van der Waals surface area contributed by atoms with Gasteiger partial charge < -0.3 is 4.90 Å². The van der Waals surface area contributed by atoms with Crippen molar-refractivity contribution in [3.63, 3.8) is 0 Å². The number of nitrogens with one attached hydrogen (secondary N) is 1. The molecule has 2 aromatic rings. The van der Waals surface area contributed by atoms with Crippen molar-refractivity contribution in [1.29, 1.82) is 5.26 Å². The van der Waals surface area contributed by atoms with Crippen molar-refractivity contribution >= 4 is 15.9 Å². The number of carbonyl (C=O) groups excluding carboxylic acids is 1. The molecule has 0 atom stereocenters. The molecule has 0 saturated heterocycles. The van der Waals surface area contributed by atoms with Gasteiger partial charge in [-0.3, -0.25) is 4.79 Å². The van der Waals surface area contributed by atoms with Crippen LogP contribution in [-0.2, 0) is 27.5 Å². The number of halogens is 3. The molecule has 0 unspecified atom stereocenters. The quantitative estimate of drug-likeness (QED) is 0.643. The highest BCUT2D eigenvalue weighted by molar-refractivity contribution is 7.89. The van der Waals surface area contributed by atoms with E-state index in [0.29, 0.717) is 17.2 Å². The lowest BCUT2D eigenvalue weighted by Gasteiger charge is -2.21. The molecule has 158 valence electrons. The minimum atomic E-state index is -4.69. The summed E-state index contributed by atoms with van der Waals surface area (Å²) in [7, 11) is -4.33. The van der Waals surface area contributed by atoms with Crippen LogP contribution in [0.2, 0.25) is 0 Å². The van der Waals surface area contributed by atoms with Gasteiger partial charge >= 0.3 is 6.18 Å². The van der Waals surface area contributed by atoms with Crippen LogP contribution in [0, 0.1) is 11.3 Å². The van der Waals surface area contributed by atoms with Gasteiger partial charge in [0.25, 0.3) is 0 Å². The minimum Gasteiger partial charge on any atom is -0.334 e. The van der Waals surface area contributed by atoms with Gasteiger partial charge in [0.1, 0.15) is 0 Å². The summed E-state index contributed by atoms with van der Waals surface area (Å²) in [5.41, 5.74) is 0.0601. The maximum Gasteiger partial charge on any atom is 0.416 e. The summed E-state index contributed by atoms with van der Waals surface area (Å²) in [4.78, 5) is 13.2. The Morgan fingerprint density at radius 2 is 1.87 bits per heavy atom. The Hall–Kier alpha value is -3.16. The number of carbonyl (C=O) groups is 1. The number of sulfonamides is 1. The summed E-state index contributed by atoms with van der Waals surface area (Å²) in [6.45, 7) is 3.19. The van der Waals surface area contributed by atoms with Crippen LogP contribution in [-0.4, -0.2) is 32.3 Å². The van der Waals surface area contributed by atoms with Crippen molar-refractivity contribution in [3.8, 4) is 6.07 Å². The van der Waals surface area contributed by atoms with Crippen LogP contribution >= 0.6 is 0 Å². The summed E-state index contributed by atoms with van der Waals surface area (Å²) in [6, 6.07) is 11.7. The Kier molecular flexibility index (Phi) is 7.37. The zero-order valence-electron chi connectivity index (χ0n) is 15.7. The van der Waals surface area contributed by atoms with Crippen molar-refractivity contribution in [2.24, 2.45) is 0 Å². The summed E-state index contributed by atoms with van der Waals surface area (Å²) in [5.74, 6) is -0.588. The molecule has 1 N–H and O–H groups in total. The first-order valence-electron chi connectivity index (χ1n) is 8.61. The number of nitrogens with zero attached hydrogens (tertiary/aromatic N) is 2. The third-order valence-electron chi connectivity index (χ3n) is 4.04. The monoisotopic (exact) mass is 437 g/mol. The molecule has 0 aliphatic rings. The number of rotatable bonds is 8. The summed E-state index contributed by atoms with van der Waals surface area (Å²) < 4.78 is 65.1. The fraction of sp³-hybridized carbons (Fsp3) is 0.200. The lowest BCUT2D eigenvalue weighted by atomic mass is 10.1. The Balaban J connectivity index is 2.10. The third kappa shape index (κ3) is 6.17. The number of alkyl halides is 3. The number of nitriles is 1. The number of benzene rings is 2. The van der Waals surface area contributed by atoms with Crippen molar-refractivity contribution < 1.29 is 26.4 Å². The highest BCUT2D eigenvalue weighted by Crippen LogP contribution is 2.30. The van der Waals surface area contributed by atoms with E-state index in [0.717, 1.165) is 18.2 Å². The molecule has 0 spiro atoms. The molecular formula is C20H18F3N3O3S. The van der Waals surface area contributed by atoms with E-state index >= 15 is 0 Å². The molecule has 10 heteroatoms. The van der Waals surface area contributed by atoms with Crippen molar-refractivity contribution in [3.05, 3.63) is 77.9 Å². The number of hydrogen-bond donors (Lipinski definition) is 1. The molecule has 0 aromatic heterocycles. The highest BCUT2D eigenvalue weighted by atomic mass is 32.2. The van der Waals surface area contributed by atoms with E-state index in [1.165, 1.54) is 11.0 Å². The van der Waals surface area contributed by atoms with Crippen LogP contribution in [0.5, 0.6) is 0 Å². The predicted octanol–water partition coefficient (Wildman–Crippen LogP) is 3.07. The van der Waals surface area contributed by atoms with Crippen LogP contribution in [0.25, 0.3) is 0 Å². The summed E-state index contributed by atoms with van der Waals surface area (Å²) >= 11 is 0. The van der Waals surface area contributed by atoms with E-state index in [-0.39, 0.29) is 13.1 Å². The molecule has 1 amide bonds. The fourth-order valence-electron chi connectivity index (χ4n) is 2.51. The molecule has 6 nitrogen and oxygen atoms in total. The van der Waals surface area contributed by atoms with E-state index in [4.69, 9.17) is 5.26 Å². The zero-order chi connectivity index (χ0) is 22.4. The molecule has 0 heterocycles. The van der Waals surface area contributed by atoms with Gasteiger partial charge in [0.2, 0.25) is 15.9 Å². The van der Waals surface area contributed by atoms with Crippen LogP contribution in [0.4, 0.5) is 13.2 Å². The molecule has 0 aliphatic heterocycles. The van der Waals surface area contributed by atoms with Gasteiger partial charge in [0.05, 0.1) is 28.6 Å². The normalized spacial score (nSPS) is 11.5. The molecule has 0 aliphatic carbocycles. The first-order valence-corrected chi connectivity index (χ1v) is 10.1. The molecule has 0 saturated carbocycles. The standard InChI is InChI=1S/C20H18F3N3O3S/c1-2-10-26(14-16-8-6-15(12-24)7-9-16)19(27)13-25-30(28,29)18-5-3-4-17(11-18)20(21,22)23/h2-9,11,25H,1,10,13-14H2. The maximum absolute atomic E-state index is 12.8. The van der Waals surface area contributed by atoms with Gasteiger partial charge in [-0.1, -0.05) is 24.3 Å². The predicted molar refractivity (Wildman–Crippen MR) is 103 cm³/mol. The largest absolute Gasteiger partial charge is 0.416 e. The highest BCUT2D eigenvalue weighted by Gasteiger charge is 2.31. The first-order chi connectivity index (χ1) is 14.1. The summed E-state index contributed by atoms with van der Waals surface area (Å²) in [5, 5.41) is 8.83. The third-order valence-corrected chi connectivity index (χ3v) is 5.44. The van der Waals surface area contributed by atoms with Gasteiger partial charge in [0.15, 0.2) is 0 Å². The van der Waals surface area contributed by atoms with Crippen molar-refractivity contribution in [2.75, 3.05) is 13.1 Å². The Labute approximate surface area is 172 Å². The maximum atomic E-state index is 12.8. The van der Waals surface area contributed by atoms with Gasteiger partial charge in [-0.15, -0.1) is 6.58 Å². The molecule has 30 heavy (non-hydrogen) atoms. The fourth-order valence-corrected chi connectivity index (χ4v) is 3.53. The van der Waals surface area contributed by atoms with E-state index in [1.807, 2.05) is 10.8 Å².